The van der Waals surface area contributed by atoms with Gasteiger partial charge in [-0.2, -0.15) is 0 Å². The Labute approximate surface area is 175 Å². The summed E-state index contributed by atoms with van der Waals surface area (Å²) in [5, 5.41) is 5.50. The van der Waals surface area contributed by atoms with E-state index in [1.807, 2.05) is 68.4 Å². The Kier molecular flexibility index (Phi) is 5.63. The summed E-state index contributed by atoms with van der Waals surface area (Å²) < 4.78 is 5.50. The van der Waals surface area contributed by atoms with Gasteiger partial charge in [0.15, 0.2) is 0 Å². The quantitative estimate of drug-likeness (QED) is 0.403. The zero-order valence-electron chi connectivity index (χ0n) is 16.5. The molecule has 3 nitrogen and oxygen atoms in total. The number of nitrogens with one attached hydrogen (secondary N) is 1. The Hall–Kier alpha value is -3.11. The maximum Gasteiger partial charge on any atom is 0.261 e. The number of hydrogen-bond acceptors (Lipinski definition) is 3. The van der Waals surface area contributed by atoms with Gasteiger partial charge in [0.05, 0.1) is 17.5 Å². The summed E-state index contributed by atoms with van der Waals surface area (Å²) in [5.74, 6) is 0.808. The van der Waals surface area contributed by atoms with Crippen LogP contribution in [0.2, 0.25) is 0 Å². The zero-order chi connectivity index (χ0) is 20.2. The molecule has 0 fully saturated rings. The summed E-state index contributed by atoms with van der Waals surface area (Å²) in [6.07, 6.45) is 0. The molecule has 29 heavy (non-hydrogen) atoms. The second kappa shape index (κ2) is 8.50. The van der Waals surface area contributed by atoms with Crippen LogP contribution in [0.3, 0.4) is 0 Å². The Morgan fingerprint density at radius 3 is 2.52 bits per heavy atom. The molecule has 0 aliphatic carbocycles. The van der Waals surface area contributed by atoms with E-state index in [1.165, 1.54) is 22.1 Å². The maximum absolute atomic E-state index is 12.8. The number of thiophene rings is 1. The number of hydrogen-bond donors (Lipinski definition) is 1. The highest BCUT2D eigenvalue weighted by molar-refractivity contribution is 7.17. The third-order valence-corrected chi connectivity index (χ3v) is 6.05. The molecule has 0 saturated heterocycles. The average molecular weight is 402 g/mol. The van der Waals surface area contributed by atoms with Gasteiger partial charge < -0.3 is 10.1 Å². The Bertz CT molecular complexity index is 1130. The zero-order valence-corrected chi connectivity index (χ0v) is 17.3. The molecule has 1 aromatic heterocycles. The fourth-order valence-corrected chi connectivity index (χ4v) is 4.39. The van der Waals surface area contributed by atoms with E-state index in [4.69, 9.17) is 4.74 Å². The van der Waals surface area contributed by atoms with Crippen molar-refractivity contribution in [2.24, 2.45) is 0 Å². The molecule has 0 aliphatic heterocycles. The Balaban J connectivity index is 1.50. The molecule has 0 radical (unpaired) electrons. The van der Waals surface area contributed by atoms with Crippen molar-refractivity contribution < 1.29 is 9.53 Å². The van der Waals surface area contributed by atoms with Gasteiger partial charge in [-0.3, -0.25) is 4.79 Å². The molecule has 0 saturated carbocycles. The molecule has 1 atom stereocenters. The third-order valence-electron chi connectivity index (χ3n) is 4.92. The van der Waals surface area contributed by atoms with Crippen LogP contribution < -0.4 is 10.1 Å². The molecule has 146 valence electrons. The molecule has 4 aromatic rings. The van der Waals surface area contributed by atoms with Crippen LogP contribution in [0, 0.1) is 0 Å². The molecule has 3 aromatic carbocycles. The van der Waals surface area contributed by atoms with Gasteiger partial charge >= 0.3 is 0 Å². The van der Waals surface area contributed by atoms with Crippen molar-refractivity contribution in [1.82, 2.24) is 5.32 Å². The van der Waals surface area contributed by atoms with E-state index in [2.05, 4.69) is 29.6 Å². The van der Waals surface area contributed by atoms with Crippen molar-refractivity contribution in [1.29, 1.82) is 0 Å². The van der Waals surface area contributed by atoms with E-state index in [-0.39, 0.29) is 11.9 Å². The first-order valence-electron chi connectivity index (χ1n) is 9.77. The topological polar surface area (TPSA) is 38.3 Å². The largest absolute Gasteiger partial charge is 0.494 e. The lowest BCUT2D eigenvalue weighted by Crippen LogP contribution is -2.26. The van der Waals surface area contributed by atoms with Crippen molar-refractivity contribution in [2.75, 3.05) is 6.61 Å². The van der Waals surface area contributed by atoms with Crippen LogP contribution in [0.4, 0.5) is 0 Å². The highest BCUT2D eigenvalue weighted by Crippen LogP contribution is 2.30. The lowest BCUT2D eigenvalue weighted by atomic mass is 10.00. The SMILES string of the molecule is CCOc1ccc(-c2ccc(C(=O)N[C@@H](C)c3cccc4ccccc34)s2)cc1. The van der Waals surface area contributed by atoms with Gasteiger partial charge in [0.25, 0.3) is 5.91 Å². The smallest absolute Gasteiger partial charge is 0.261 e. The van der Waals surface area contributed by atoms with Crippen LogP contribution in [-0.4, -0.2) is 12.5 Å². The minimum Gasteiger partial charge on any atom is -0.494 e. The molecule has 0 bridgehead atoms. The summed E-state index contributed by atoms with van der Waals surface area (Å²) in [7, 11) is 0. The number of rotatable bonds is 6. The normalized spacial score (nSPS) is 11.9. The first kappa shape index (κ1) is 19.2. The number of benzene rings is 3. The molecule has 4 heteroatoms. The fraction of sp³-hybridized carbons (Fsp3) is 0.160. The Morgan fingerprint density at radius 2 is 1.72 bits per heavy atom. The number of carbonyl (C=O) groups is 1. The lowest BCUT2D eigenvalue weighted by molar-refractivity contribution is 0.0944. The van der Waals surface area contributed by atoms with E-state index in [1.54, 1.807) is 0 Å². The van der Waals surface area contributed by atoms with Gasteiger partial charge in [-0.1, -0.05) is 42.5 Å². The predicted octanol–water partition coefficient (Wildman–Crippen LogP) is 6.46. The first-order valence-corrected chi connectivity index (χ1v) is 10.6. The first-order chi connectivity index (χ1) is 14.2. The van der Waals surface area contributed by atoms with E-state index < -0.39 is 0 Å². The van der Waals surface area contributed by atoms with Crippen molar-refractivity contribution in [3.63, 3.8) is 0 Å². The molecule has 1 heterocycles. The summed E-state index contributed by atoms with van der Waals surface area (Å²) in [4.78, 5) is 14.6. The number of ether oxygens (including phenoxy) is 1. The predicted molar refractivity (Wildman–Crippen MR) is 121 cm³/mol. The molecular weight excluding hydrogens is 378 g/mol. The second-order valence-electron chi connectivity index (χ2n) is 6.88. The number of amides is 1. The summed E-state index contributed by atoms with van der Waals surface area (Å²) in [5.41, 5.74) is 2.21. The average Bonchev–Trinajstić information content (AvgIpc) is 3.24. The molecule has 0 aliphatic rings. The monoisotopic (exact) mass is 401 g/mol. The van der Waals surface area contributed by atoms with E-state index >= 15 is 0 Å². The van der Waals surface area contributed by atoms with Crippen LogP contribution in [0.15, 0.2) is 78.9 Å². The van der Waals surface area contributed by atoms with Gasteiger partial charge in [0.1, 0.15) is 5.75 Å². The lowest BCUT2D eigenvalue weighted by Gasteiger charge is -2.16. The molecule has 4 rings (SSSR count). The standard InChI is InChI=1S/C25H23NO2S/c1-3-28-20-13-11-19(12-14-20)23-15-16-24(29-23)25(27)26-17(2)21-10-6-8-18-7-4-5-9-22(18)21/h4-17H,3H2,1-2H3,(H,26,27)/t17-/m0/s1. The van der Waals surface area contributed by atoms with Gasteiger partial charge in [-0.25, -0.2) is 0 Å². The number of carbonyl (C=O) groups excluding carboxylic acids is 1. The van der Waals surface area contributed by atoms with Crippen LogP contribution >= 0.6 is 11.3 Å². The van der Waals surface area contributed by atoms with Gasteiger partial charge in [-0.15, -0.1) is 11.3 Å². The van der Waals surface area contributed by atoms with Crippen LogP contribution in [0.1, 0.15) is 35.1 Å². The van der Waals surface area contributed by atoms with Gasteiger partial charge in [0.2, 0.25) is 0 Å². The molecular formula is C25H23NO2S. The summed E-state index contributed by atoms with van der Waals surface area (Å²) >= 11 is 1.50. The van der Waals surface area contributed by atoms with Crippen molar-refractivity contribution in [3.05, 3.63) is 89.3 Å². The van der Waals surface area contributed by atoms with Gasteiger partial charge in [0, 0.05) is 4.88 Å². The summed E-state index contributed by atoms with van der Waals surface area (Å²) in [6.45, 7) is 4.65. The minimum absolute atomic E-state index is 0.0485. The van der Waals surface area contributed by atoms with E-state index in [9.17, 15) is 4.79 Å². The van der Waals surface area contributed by atoms with Crippen LogP contribution in [-0.2, 0) is 0 Å². The van der Waals surface area contributed by atoms with Crippen molar-refractivity contribution in [2.45, 2.75) is 19.9 Å². The van der Waals surface area contributed by atoms with Gasteiger partial charge in [-0.05, 0) is 72.1 Å². The molecule has 1 amide bonds. The van der Waals surface area contributed by atoms with Crippen molar-refractivity contribution >= 4 is 28.0 Å². The summed E-state index contributed by atoms with van der Waals surface area (Å²) in [6, 6.07) is 26.2. The van der Waals surface area contributed by atoms with E-state index in [0.29, 0.717) is 11.5 Å². The Morgan fingerprint density at radius 1 is 0.966 bits per heavy atom. The van der Waals surface area contributed by atoms with Crippen molar-refractivity contribution in [3.8, 4) is 16.2 Å². The van der Waals surface area contributed by atoms with Crippen LogP contribution in [0.5, 0.6) is 5.75 Å². The number of fused-ring (bicyclic) bond motifs is 1. The molecule has 1 N–H and O–H groups in total. The fourth-order valence-electron chi connectivity index (χ4n) is 3.47. The molecule has 0 unspecified atom stereocenters. The van der Waals surface area contributed by atoms with E-state index in [0.717, 1.165) is 21.8 Å². The molecule has 0 spiro atoms. The second-order valence-corrected chi connectivity index (χ2v) is 7.97. The van der Waals surface area contributed by atoms with Crippen LogP contribution in [0.25, 0.3) is 21.2 Å². The highest BCUT2D eigenvalue weighted by atomic mass is 32.1. The minimum atomic E-state index is -0.0790. The third kappa shape index (κ3) is 4.17. The maximum atomic E-state index is 12.8. The highest BCUT2D eigenvalue weighted by Gasteiger charge is 2.15.